The number of amides is 1. The van der Waals surface area contributed by atoms with Crippen LogP contribution in [0.3, 0.4) is 0 Å². The molecule has 1 aliphatic rings. The molecular weight excluding hydrogens is 415 g/mol. The van der Waals surface area contributed by atoms with Crippen molar-refractivity contribution in [2.24, 2.45) is 5.92 Å². The number of rotatable bonds is 4. The van der Waals surface area contributed by atoms with Crippen molar-refractivity contribution in [2.75, 3.05) is 10.7 Å². The Hall–Kier alpha value is -3.00. The van der Waals surface area contributed by atoms with E-state index in [1.807, 2.05) is 25.1 Å². The van der Waals surface area contributed by atoms with Gasteiger partial charge in [-0.1, -0.05) is 49.4 Å². The second-order valence-electron chi connectivity index (χ2n) is 7.88. The number of thioether (sulfide) groups is 1. The molecule has 0 bridgehead atoms. The number of hydrogen-bond acceptors (Lipinski definition) is 6. The third-order valence-electron chi connectivity index (χ3n) is 4.80. The molecule has 31 heavy (non-hydrogen) atoms. The van der Waals surface area contributed by atoms with E-state index < -0.39 is 6.23 Å². The van der Waals surface area contributed by atoms with Gasteiger partial charge in [0, 0.05) is 23.8 Å². The minimum absolute atomic E-state index is 0.213. The number of carbonyl (C=O) groups is 1. The summed E-state index contributed by atoms with van der Waals surface area (Å²) < 4.78 is 19.8. The highest BCUT2D eigenvalue weighted by atomic mass is 32.2. The molecule has 1 atom stereocenters. The third-order valence-corrected chi connectivity index (χ3v) is 6.06. The van der Waals surface area contributed by atoms with E-state index in [0.29, 0.717) is 33.9 Å². The number of carbonyl (C=O) groups excluding carboxylic acids is 1. The maximum absolute atomic E-state index is 13.6. The molecule has 8 heteroatoms. The normalized spacial score (nSPS) is 15.2. The van der Waals surface area contributed by atoms with Crippen LogP contribution in [0.4, 0.5) is 10.1 Å². The first-order chi connectivity index (χ1) is 14.8. The quantitative estimate of drug-likeness (QED) is 0.523. The maximum atomic E-state index is 13.6. The van der Waals surface area contributed by atoms with Gasteiger partial charge >= 0.3 is 0 Å². The Balaban J connectivity index is 1.89. The zero-order valence-corrected chi connectivity index (χ0v) is 18.6. The van der Waals surface area contributed by atoms with Crippen LogP contribution in [0.1, 0.15) is 38.1 Å². The largest absolute Gasteiger partial charge is 0.447 e. The van der Waals surface area contributed by atoms with Crippen LogP contribution in [0.25, 0.3) is 11.3 Å². The molecule has 0 radical (unpaired) electrons. The second kappa shape index (κ2) is 8.63. The fourth-order valence-electron chi connectivity index (χ4n) is 3.36. The van der Waals surface area contributed by atoms with Crippen molar-refractivity contribution in [2.45, 2.75) is 39.1 Å². The Bertz CT molecular complexity index is 1120. The summed E-state index contributed by atoms with van der Waals surface area (Å²) in [5.74, 6) is 1.04. The van der Waals surface area contributed by atoms with Gasteiger partial charge in [0.1, 0.15) is 5.82 Å². The number of aromatic nitrogens is 3. The van der Waals surface area contributed by atoms with Crippen molar-refractivity contribution < 1.29 is 13.9 Å². The van der Waals surface area contributed by atoms with Gasteiger partial charge in [0.25, 0.3) is 0 Å². The van der Waals surface area contributed by atoms with E-state index in [-0.39, 0.29) is 11.7 Å². The highest BCUT2D eigenvalue weighted by Crippen LogP contribution is 2.43. The summed E-state index contributed by atoms with van der Waals surface area (Å²) in [6.45, 7) is 7.68. The number of benzene rings is 2. The van der Waals surface area contributed by atoms with Crippen molar-refractivity contribution in [1.29, 1.82) is 0 Å². The van der Waals surface area contributed by atoms with Crippen LogP contribution in [-0.4, -0.2) is 26.8 Å². The van der Waals surface area contributed by atoms with Gasteiger partial charge in [0.2, 0.25) is 23.2 Å². The van der Waals surface area contributed by atoms with Gasteiger partial charge in [0.05, 0.1) is 5.69 Å². The average molecular weight is 439 g/mol. The number of anilines is 1. The molecule has 0 fully saturated rings. The number of aryl methyl sites for hydroxylation is 1. The van der Waals surface area contributed by atoms with E-state index in [9.17, 15) is 9.18 Å². The Morgan fingerprint density at radius 3 is 2.61 bits per heavy atom. The molecule has 0 saturated carbocycles. The molecular formula is C23H23FN4O2S. The highest BCUT2D eigenvalue weighted by Gasteiger charge is 2.34. The molecule has 1 amide bonds. The Labute approximate surface area is 184 Å². The molecule has 2 aromatic carbocycles. The number of ether oxygens (including phenoxy) is 1. The van der Waals surface area contributed by atoms with Gasteiger partial charge in [-0.25, -0.2) is 4.39 Å². The molecule has 0 spiro atoms. The topological polar surface area (TPSA) is 68.2 Å². The molecule has 2 heterocycles. The molecule has 4 rings (SSSR count). The molecule has 1 aliphatic heterocycles. The molecule has 0 saturated heterocycles. The monoisotopic (exact) mass is 438 g/mol. The lowest BCUT2D eigenvalue weighted by Gasteiger charge is -2.30. The lowest BCUT2D eigenvalue weighted by Crippen LogP contribution is -2.36. The van der Waals surface area contributed by atoms with Crippen LogP contribution in [0, 0.1) is 18.7 Å². The first-order valence-electron chi connectivity index (χ1n) is 10.0. The summed E-state index contributed by atoms with van der Waals surface area (Å²) in [6.07, 6.45) is -0.819. The van der Waals surface area contributed by atoms with Crippen molar-refractivity contribution >= 4 is 23.4 Å². The predicted molar refractivity (Wildman–Crippen MR) is 118 cm³/mol. The van der Waals surface area contributed by atoms with Gasteiger partial charge in [0.15, 0.2) is 5.69 Å². The molecule has 1 aromatic heterocycles. The number of nitrogens with zero attached hydrogens (tertiary/aromatic N) is 4. The summed E-state index contributed by atoms with van der Waals surface area (Å²) >= 11 is 1.50. The maximum Gasteiger partial charge on any atom is 0.247 e. The van der Waals surface area contributed by atoms with Gasteiger partial charge in [-0.2, -0.15) is 4.98 Å². The minimum Gasteiger partial charge on any atom is -0.447 e. The lowest BCUT2D eigenvalue weighted by atomic mass is 10.0. The standard InChI is InChI=1S/C23H23FN4O2S/c1-13(2)12-31-23-25-21-20(26-27-23)18-11-14(3)5-10-19(18)28(15(4)29)22(30-21)16-6-8-17(24)9-7-16/h5-11,13,22H,12H2,1-4H3/t22-/m0/s1. The smallest absolute Gasteiger partial charge is 0.247 e. The fourth-order valence-corrected chi connectivity index (χ4v) is 4.09. The van der Waals surface area contributed by atoms with Gasteiger partial charge in [-0.05, 0) is 37.1 Å². The highest BCUT2D eigenvalue weighted by molar-refractivity contribution is 7.99. The minimum atomic E-state index is -0.819. The number of halogens is 1. The number of hydrogen-bond donors (Lipinski definition) is 0. The molecule has 160 valence electrons. The first-order valence-corrected chi connectivity index (χ1v) is 11.0. The summed E-state index contributed by atoms with van der Waals surface area (Å²) in [6, 6.07) is 11.6. The SMILES string of the molecule is CC(=O)N1c2ccc(C)cc2-c2nnc(SCC(C)C)nc2O[C@H]1c1ccc(F)cc1. The van der Waals surface area contributed by atoms with Crippen molar-refractivity contribution in [1.82, 2.24) is 15.2 Å². The van der Waals surface area contributed by atoms with Gasteiger partial charge < -0.3 is 4.74 Å². The van der Waals surface area contributed by atoms with E-state index in [2.05, 4.69) is 29.0 Å². The van der Waals surface area contributed by atoms with Crippen LogP contribution < -0.4 is 9.64 Å². The van der Waals surface area contributed by atoms with Crippen molar-refractivity contribution in [3.63, 3.8) is 0 Å². The molecule has 6 nitrogen and oxygen atoms in total. The Morgan fingerprint density at radius 1 is 1.19 bits per heavy atom. The summed E-state index contributed by atoms with van der Waals surface area (Å²) in [4.78, 5) is 18.9. The van der Waals surface area contributed by atoms with Crippen LogP contribution in [-0.2, 0) is 4.79 Å². The van der Waals surface area contributed by atoms with E-state index in [1.165, 1.54) is 30.8 Å². The molecule has 0 aliphatic carbocycles. The summed E-state index contributed by atoms with van der Waals surface area (Å²) in [5.41, 5.74) is 3.48. The first kappa shape index (κ1) is 21.2. The van der Waals surface area contributed by atoms with Crippen LogP contribution in [0.2, 0.25) is 0 Å². The van der Waals surface area contributed by atoms with E-state index in [1.54, 1.807) is 17.0 Å². The Morgan fingerprint density at radius 2 is 1.94 bits per heavy atom. The van der Waals surface area contributed by atoms with Crippen LogP contribution in [0.5, 0.6) is 5.88 Å². The van der Waals surface area contributed by atoms with E-state index >= 15 is 0 Å². The van der Waals surface area contributed by atoms with Crippen molar-refractivity contribution in [3.8, 4) is 17.1 Å². The van der Waals surface area contributed by atoms with Gasteiger partial charge in [-0.15, -0.1) is 10.2 Å². The summed E-state index contributed by atoms with van der Waals surface area (Å²) in [7, 11) is 0. The third kappa shape index (κ3) is 4.39. The predicted octanol–water partition coefficient (Wildman–Crippen LogP) is 5.18. The zero-order chi connectivity index (χ0) is 22.1. The van der Waals surface area contributed by atoms with E-state index in [0.717, 1.165) is 16.9 Å². The summed E-state index contributed by atoms with van der Waals surface area (Å²) in [5, 5.41) is 9.21. The number of fused-ring (bicyclic) bond motifs is 3. The Kier molecular flexibility index (Phi) is 5.91. The fraction of sp³-hybridized carbons (Fsp3) is 0.304. The zero-order valence-electron chi connectivity index (χ0n) is 17.8. The van der Waals surface area contributed by atoms with Crippen molar-refractivity contribution in [3.05, 3.63) is 59.4 Å². The second-order valence-corrected chi connectivity index (χ2v) is 8.87. The average Bonchev–Trinajstić information content (AvgIpc) is 2.86. The molecule has 3 aromatic rings. The lowest BCUT2D eigenvalue weighted by molar-refractivity contribution is -0.118. The van der Waals surface area contributed by atoms with Gasteiger partial charge in [-0.3, -0.25) is 9.69 Å². The van der Waals surface area contributed by atoms with Crippen LogP contribution in [0.15, 0.2) is 47.6 Å². The van der Waals surface area contributed by atoms with Crippen LogP contribution >= 0.6 is 11.8 Å². The molecule has 0 N–H and O–H groups in total. The molecule has 0 unspecified atom stereocenters. The van der Waals surface area contributed by atoms with E-state index in [4.69, 9.17) is 4.74 Å².